The summed E-state index contributed by atoms with van der Waals surface area (Å²) >= 11 is 0. The number of fused-ring (bicyclic) bond motifs is 1. The molecule has 1 saturated carbocycles. The van der Waals surface area contributed by atoms with Crippen LogP contribution >= 0.6 is 0 Å². The van der Waals surface area contributed by atoms with Gasteiger partial charge in [0.05, 0.1) is 12.1 Å². The average Bonchev–Trinajstić information content (AvgIpc) is 3.40. The molecule has 4 heteroatoms. The third-order valence-corrected chi connectivity index (χ3v) is 6.47. The van der Waals surface area contributed by atoms with Gasteiger partial charge in [0.1, 0.15) is 0 Å². The normalized spacial score (nSPS) is 23.7. The van der Waals surface area contributed by atoms with E-state index in [1.165, 1.54) is 22.3 Å². The first-order valence-corrected chi connectivity index (χ1v) is 10.5. The Morgan fingerprint density at radius 2 is 1.93 bits per heavy atom. The molecule has 0 saturated heterocycles. The van der Waals surface area contributed by atoms with Crippen molar-refractivity contribution < 1.29 is 4.79 Å². The minimum absolute atomic E-state index is 0.00538. The molecule has 0 aromatic heterocycles. The van der Waals surface area contributed by atoms with Gasteiger partial charge in [-0.3, -0.25) is 4.79 Å². The van der Waals surface area contributed by atoms with Crippen LogP contribution in [0.15, 0.2) is 47.6 Å². The van der Waals surface area contributed by atoms with Crippen molar-refractivity contribution in [2.24, 2.45) is 11.0 Å². The van der Waals surface area contributed by atoms with Crippen LogP contribution in [0.5, 0.6) is 0 Å². The van der Waals surface area contributed by atoms with Crippen molar-refractivity contribution >= 4 is 12.1 Å². The van der Waals surface area contributed by atoms with Crippen molar-refractivity contribution in [2.45, 2.75) is 57.9 Å². The summed E-state index contributed by atoms with van der Waals surface area (Å²) in [6.45, 7) is 10.8. The van der Waals surface area contributed by atoms with E-state index in [-0.39, 0.29) is 22.7 Å². The Kier molecular flexibility index (Phi) is 5.07. The highest BCUT2D eigenvalue weighted by Crippen LogP contribution is 2.54. The molecule has 2 aromatic rings. The van der Waals surface area contributed by atoms with Gasteiger partial charge in [0.2, 0.25) is 5.91 Å². The minimum Gasteiger partial charge on any atom is -0.312 e. The summed E-state index contributed by atoms with van der Waals surface area (Å²) in [5.74, 6) is -0.0134. The molecule has 2 unspecified atom stereocenters. The van der Waals surface area contributed by atoms with E-state index in [2.05, 4.69) is 86.0 Å². The van der Waals surface area contributed by atoms with E-state index < -0.39 is 0 Å². The molecule has 0 radical (unpaired) electrons. The van der Waals surface area contributed by atoms with Crippen molar-refractivity contribution in [3.8, 4) is 0 Å². The van der Waals surface area contributed by atoms with Gasteiger partial charge >= 0.3 is 0 Å². The zero-order valence-corrected chi connectivity index (χ0v) is 17.9. The van der Waals surface area contributed by atoms with Crippen molar-refractivity contribution in [1.82, 2.24) is 10.7 Å². The number of hydrogen-bond donors (Lipinski definition) is 2. The number of carbonyl (C=O) groups is 1. The Balaban J connectivity index is 1.37. The summed E-state index contributed by atoms with van der Waals surface area (Å²) in [5.41, 5.74) is 9.10. The topological polar surface area (TPSA) is 53.5 Å². The molecule has 152 valence electrons. The number of rotatable bonds is 4. The Morgan fingerprint density at radius 3 is 2.66 bits per heavy atom. The molecule has 2 aliphatic rings. The zero-order chi connectivity index (χ0) is 20.6. The van der Waals surface area contributed by atoms with Crippen molar-refractivity contribution in [3.63, 3.8) is 0 Å². The van der Waals surface area contributed by atoms with Crippen LogP contribution < -0.4 is 10.7 Å². The SMILES string of the molecule is CC(C)(C)c1ccc(C2(C)CC2C(=O)N/N=C/c2ccc3c(c2)CCNC3)cc1. The van der Waals surface area contributed by atoms with Gasteiger partial charge in [0.25, 0.3) is 0 Å². The van der Waals surface area contributed by atoms with Crippen molar-refractivity contribution in [2.75, 3.05) is 6.54 Å². The molecule has 1 amide bonds. The van der Waals surface area contributed by atoms with Gasteiger partial charge in [-0.15, -0.1) is 0 Å². The number of nitrogens with one attached hydrogen (secondary N) is 2. The number of hydrazone groups is 1. The molecule has 29 heavy (non-hydrogen) atoms. The van der Waals surface area contributed by atoms with E-state index in [9.17, 15) is 4.79 Å². The van der Waals surface area contributed by atoms with Gasteiger partial charge in [-0.05, 0) is 58.7 Å². The second-order valence-corrected chi connectivity index (χ2v) is 9.69. The maximum absolute atomic E-state index is 12.6. The lowest BCUT2D eigenvalue weighted by Crippen LogP contribution is -2.24. The number of carbonyl (C=O) groups excluding carboxylic acids is 1. The van der Waals surface area contributed by atoms with E-state index in [0.29, 0.717) is 0 Å². The Labute approximate surface area is 173 Å². The standard InChI is InChI=1S/C25H31N3O/c1-24(2,3)20-7-9-21(10-8-20)25(4)14-22(25)23(29)28-27-15-17-5-6-19-16-26-12-11-18(19)13-17/h5-10,13,15,22,26H,11-12,14,16H2,1-4H3,(H,28,29)/b27-15+. The summed E-state index contributed by atoms with van der Waals surface area (Å²) in [5, 5.41) is 7.60. The van der Waals surface area contributed by atoms with Gasteiger partial charge in [-0.1, -0.05) is 64.1 Å². The third-order valence-electron chi connectivity index (χ3n) is 6.47. The van der Waals surface area contributed by atoms with Crippen LogP contribution in [0, 0.1) is 5.92 Å². The van der Waals surface area contributed by atoms with Gasteiger partial charge in [0.15, 0.2) is 0 Å². The molecule has 2 aromatic carbocycles. The van der Waals surface area contributed by atoms with E-state index >= 15 is 0 Å². The first-order chi connectivity index (χ1) is 13.8. The molecule has 2 atom stereocenters. The fraction of sp³-hybridized carbons (Fsp3) is 0.440. The smallest absolute Gasteiger partial charge is 0.244 e. The first kappa shape index (κ1) is 19.8. The Hall–Kier alpha value is -2.46. The van der Waals surface area contributed by atoms with Crippen molar-refractivity contribution in [1.29, 1.82) is 0 Å². The van der Waals surface area contributed by atoms with Crippen LogP contribution in [-0.2, 0) is 28.6 Å². The minimum atomic E-state index is -0.0885. The highest BCUT2D eigenvalue weighted by molar-refractivity contribution is 5.86. The lowest BCUT2D eigenvalue weighted by Gasteiger charge is -2.20. The van der Waals surface area contributed by atoms with Crippen LogP contribution in [0.1, 0.15) is 61.9 Å². The van der Waals surface area contributed by atoms with Crippen LogP contribution in [0.2, 0.25) is 0 Å². The molecule has 1 aliphatic heterocycles. The largest absolute Gasteiger partial charge is 0.312 e. The average molecular weight is 390 g/mol. The fourth-order valence-corrected chi connectivity index (χ4v) is 4.24. The van der Waals surface area contributed by atoms with Crippen molar-refractivity contribution in [3.05, 3.63) is 70.3 Å². The Morgan fingerprint density at radius 1 is 1.17 bits per heavy atom. The van der Waals surface area contributed by atoms with Gasteiger partial charge in [-0.2, -0.15) is 5.10 Å². The van der Waals surface area contributed by atoms with E-state index in [4.69, 9.17) is 0 Å². The predicted molar refractivity (Wildman–Crippen MR) is 118 cm³/mol. The van der Waals surface area contributed by atoms with Gasteiger partial charge in [-0.25, -0.2) is 5.43 Å². The van der Waals surface area contributed by atoms with E-state index in [1.807, 2.05) is 0 Å². The highest BCUT2D eigenvalue weighted by Gasteiger charge is 2.55. The molecule has 1 aliphatic carbocycles. The summed E-state index contributed by atoms with van der Waals surface area (Å²) in [7, 11) is 0. The van der Waals surface area contributed by atoms with Crippen LogP contribution in [0.3, 0.4) is 0 Å². The quantitative estimate of drug-likeness (QED) is 0.612. The van der Waals surface area contributed by atoms with Gasteiger partial charge < -0.3 is 5.32 Å². The molecule has 0 spiro atoms. The maximum Gasteiger partial charge on any atom is 0.244 e. The summed E-state index contributed by atoms with van der Waals surface area (Å²) < 4.78 is 0. The molecule has 0 bridgehead atoms. The summed E-state index contributed by atoms with van der Waals surface area (Å²) in [4.78, 5) is 12.6. The van der Waals surface area contributed by atoms with Gasteiger partial charge in [0, 0.05) is 12.0 Å². The number of hydrogen-bond acceptors (Lipinski definition) is 3. The maximum atomic E-state index is 12.6. The predicted octanol–water partition coefficient (Wildman–Crippen LogP) is 4.06. The monoisotopic (exact) mass is 389 g/mol. The molecule has 2 N–H and O–H groups in total. The van der Waals surface area contributed by atoms with Crippen LogP contribution in [0.25, 0.3) is 0 Å². The lowest BCUT2D eigenvalue weighted by molar-refractivity contribution is -0.122. The molecular weight excluding hydrogens is 358 g/mol. The number of nitrogens with zero attached hydrogens (tertiary/aromatic N) is 1. The van der Waals surface area contributed by atoms with Crippen LogP contribution in [-0.4, -0.2) is 18.7 Å². The molecular formula is C25H31N3O. The summed E-state index contributed by atoms with van der Waals surface area (Å²) in [6.07, 6.45) is 3.66. The van der Waals surface area contributed by atoms with E-state index in [1.54, 1.807) is 6.21 Å². The lowest BCUT2D eigenvalue weighted by atomic mass is 9.85. The number of amides is 1. The first-order valence-electron chi connectivity index (χ1n) is 10.5. The fourth-order valence-electron chi connectivity index (χ4n) is 4.24. The molecule has 4 nitrogen and oxygen atoms in total. The molecule has 1 heterocycles. The van der Waals surface area contributed by atoms with E-state index in [0.717, 1.165) is 31.5 Å². The third kappa shape index (κ3) is 4.13. The van der Waals surface area contributed by atoms with Crippen LogP contribution in [0.4, 0.5) is 0 Å². The Bertz CT molecular complexity index is 940. The molecule has 1 fully saturated rings. The highest BCUT2D eigenvalue weighted by atomic mass is 16.2. The zero-order valence-electron chi connectivity index (χ0n) is 17.9. The second kappa shape index (κ2) is 7.42. The second-order valence-electron chi connectivity index (χ2n) is 9.69. The molecule has 4 rings (SSSR count). The number of benzene rings is 2. The summed E-state index contributed by atoms with van der Waals surface area (Å²) in [6, 6.07) is 15.1.